The SMILES string of the molecule is CC(C)CCCN1C(=N)N([C@H](CC2CCCCC2)CN2CCC[C@H]2CN2C(N)=NC[C@H]2C(C)C)C[C@H]1[C@@H](C)O. The number of guanidine groups is 2. The number of nitrogens with two attached hydrogens (primary N) is 1. The molecule has 5 atom stereocenters. The van der Waals surface area contributed by atoms with E-state index in [0.717, 1.165) is 64.0 Å². The zero-order valence-corrected chi connectivity index (χ0v) is 25.7. The Balaban J connectivity index is 1.49. The first-order valence-electron chi connectivity index (χ1n) is 16.3. The molecule has 39 heavy (non-hydrogen) atoms. The number of aliphatic hydroxyl groups excluding tert-OH is 1. The highest BCUT2D eigenvalue weighted by Crippen LogP contribution is 2.33. The largest absolute Gasteiger partial charge is 0.391 e. The molecule has 0 spiro atoms. The van der Waals surface area contributed by atoms with Crippen LogP contribution in [0.5, 0.6) is 0 Å². The van der Waals surface area contributed by atoms with Crippen molar-refractivity contribution in [2.24, 2.45) is 28.5 Å². The number of likely N-dealkylation sites (tertiary alicyclic amines) is 1. The molecule has 4 aliphatic rings. The van der Waals surface area contributed by atoms with Gasteiger partial charge >= 0.3 is 0 Å². The molecule has 4 N–H and O–H groups in total. The first-order chi connectivity index (χ1) is 18.7. The molecule has 3 aliphatic heterocycles. The van der Waals surface area contributed by atoms with Gasteiger partial charge in [-0.2, -0.15) is 0 Å². The number of nitrogens with one attached hydrogen (secondary N) is 1. The van der Waals surface area contributed by atoms with Crippen molar-refractivity contribution in [1.82, 2.24) is 19.6 Å². The summed E-state index contributed by atoms with van der Waals surface area (Å²) in [4.78, 5) is 14.3. The Morgan fingerprint density at radius 1 is 1.00 bits per heavy atom. The first-order valence-corrected chi connectivity index (χ1v) is 16.3. The highest BCUT2D eigenvalue weighted by atomic mass is 16.3. The highest BCUT2D eigenvalue weighted by molar-refractivity contribution is 5.80. The molecule has 0 radical (unpaired) electrons. The number of hydrogen-bond donors (Lipinski definition) is 3. The smallest absolute Gasteiger partial charge is 0.194 e. The first kappa shape index (κ1) is 30.4. The predicted molar refractivity (Wildman–Crippen MR) is 162 cm³/mol. The summed E-state index contributed by atoms with van der Waals surface area (Å²) in [5, 5.41) is 20.1. The standard InChI is InChI=1S/C31H59N7O/c1-22(2)11-9-16-36-29(24(5)39)21-37(31(36)33)27(17-25-12-7-6-8-13-25)19-35-15-10-14-26(35)20-38-28(23(3)4)18-34-30(38)32/h22-29,33,39H,6-21H2,1-5H3,(H2,32,34)/t24-,26+,27-,28+,29+/m1/s1. The summed E-state index contributed by atoms with van der Waals surface area (Å²) in [6, 6.07) is 1.23. The number of aliphatic hydroxyl groups is 1. The van der Waals surface area contributed by atoms with Crippen molar-refractivity contribution >= 4 is 11.9 Å². The summed E-state index contributed by atoms with van der Waals surface area (Å²) >= 11 is 0. The lowest BCUT2D eigenvalue weighted by atomic mass is 9.84. The fourth-order valence-electron chi connectivity index (χ4n) is 7.68. The molecule has 3 heterocycles. The Morgan fingerprint density at radius 3 is 2.41 bits per heavy atom. The third-order valence-corrected chi connectivity index (χ3v) is 10.1. The third kappa shape index (κ3) is 7.60. The zero-order valence-electron chi connectivity index (χ0n) is 25.7. The van der Waals surface area contributed by atoms with Gasteiger partial charge in [0.05, 0.1) is 24.7 Å². The Labute approximate surface area is 238 Å². The van der Waals surface area contributed by atoms with Crippen molar-refractivity contribution in [2.45, 2.75) is 129 Å². The van der Waals surface area contributed by atoms with E-state index < -0.39 is 6.10 Å². The summed E-state index contributed by atoms with van der Waals surface area (Å²) in [6.07, 6.45) is 12.1. The number of hydrogen-bond acceptors (Lipinski definition) is 6. The minimum Gasteiger partial charge on any atom is -0.391 e. The molecule has 0 amide bonds. The summed E-state index contributed by atoms with van der Waals surface area (Å²) in [5.41, 5.74) is 6.38. The normalized spacial score (nSPS) is 28.8. The molecule has 1 saturated carbocycles. The fourth-order valence-corrected chi connectivity index (χ4v) is 7.68. The van der Waals surface area contributed by atoms with Crippen LogP contribution in [0.2, 0.25) is 0 Å². The van der Waals surface area contributed by atoms with Gasteiger partial charge in [0.1, 0.15) is 0 Å². The van der Waals surface area contributed by atoms with Crippen LogP contribution < -0.4 is 5.73 Å². The second-order valence-corrected chi connectivity index (χ2v) is 13.9. The molecule has 8 nitrogen and oxygen atoms in total. The zero-order chi connectivity index (χ0) is 28.1. The van der Waals surface area contributed by atoms with Crippen LogP contribution in [-0.2, 0) is 0 Å². The van der Waals surface area contributed by atoms with E-state index in [-0.39, 0.29) is 6.04 Å². The second kappa shape index (κ2) is 13.9. The lowest BCUT2D eigenvalue weighted by molar-refractivity contribution is 0.0998. The molecule has 2 saturated heterocycles. The second-order valence-electron chi connectivity index (χ2n) is 13.9. The average Bonchev–Trinajstić information content (AvgIpc) is 3.58. The van der Waals surface area contributed by atoms with Crippen LogP contribution >= 0.6 is 0 Å². The van der Waals surface area contributed by atoms with Gasteiger partial charge in [-0.05, 0) is 63.3 Å². The quantitative estimate of drug-likeness (QED) is 0.321. The maximum Gasteiger partial charge on any atom is 0.194 e. The van der Waals surface area contributed by atoms with Crippen LogP contribution in [0.15, 0.2) is 4.99 Å². The van der Waals surface area contributed by atoms with Crippen molar-refractivity contribution < 1.29 is 5.11 Å². The molecular formula is C31H59N7O. The molecule has 4 rings (SSSR count). The molecule has 3 fully saturated rings. The molecular weight excluding hydrogens is 486 g/mol. The van der Waals surface area contributed by atoms with E-state index in [1.54, 1.807) is 0 Å². The van der Waals surface area contributed by atoms with Crippen LogP contribution in [0.1, 0.15) is 98.8 Å². The Bertz CT molecular complexity index is 809. The van der Waals surface area contributed by atoms with E-state index in [9.17, 15) is 10.5 Å². The van der Waals surface area contributed by atoms with Gasteiger partial charge in [-0.25, -0.2) is 0 Å². The van der Waals surface area contributed by atoms with Crippen LogP contribution in [0.4, 0.5) is 0 Å². The van der Waals surface area contributed by atoms with Crippen LogP contribution in [0.25, 0.3) is 0 Å². The molecule has 8 heteroatoms. The Morgan fingerprint density at radius 2 is 1.74 bits per heavy atom. The predicted octanol–water partition coefficient (Wildman–Crippen LogP) is 4.18. The molecule has 0 unspecified atom stereocenters. The molecule has 0 bridgehead atoms. The lowest BCUT2D eigenvalue weighted by Crippen LogP contribution is -2.53. The Hall–Kier alpha value is -1.54. The van der Waals surface area contributed by atoms with Gasteiger partial charge in [-0.3, -0.25) is 15.3 Å². The summed E-state index contributed by atoms with van der Waals surface area (Å²) < 4.78 is 0. The van der Waals surface area contributed by atoms with Gasteiger partial charge < -0.3 is 25.5 Å². The van der Waals surface area contributed by atoms with Crippen LogP contribution in [0.3, 0.4) is 0 Å². The summed E-state index contributed by atoms with van der Waals surface area (Å²) in [6.45, 7) is 16.6. The molecule has 1 aliphatic carbocycles. The van der Waals surface area contributed by atoms with Crippen molar-refractivity contribution in [1.29, 1.82) is 5.41 Å². The number of aliphatic imine (C=N–C) groups is 1. The lowest BCUT2D eigenvalue weighted by Gasteiger charge is -2.39. The maximum absolute atomic E-state index is 10.7. The average molecular weight is 546 g/mol. The van der Waals surface area contributed by atoms with E-state index in [1.165, 1.54) is 51.4 Å². The van der Waals surface area contributed by atoms with Gasteiger partial charge in [-0.1, -0.05) is 59.8 Å². The molecule has 0 aromatic rings. The van der Waals surface area contributed by atoms with Gasteiger partial charge in [0, 0.05) is 38.3 Å². The summed E-state index contributed by atoms with van der Waals surface area (Å²) in [7, 11) is 0. The van der Waals surface area contributed by atoms with E-state index in [0.29, 0.717) is 35.9 Å². The maximum atomic E-state index is 10.7. The van der Waals surface area contributed by atoms with Gasteiger partial charge in [0.25, 0.3) is 0 Å². The van der Waals surface area contributed by atoms with Gasteiger partial charge in [-0.15, -0.1) is 0 Å². The minimum absolute atomic E-state index is 0.0142. The topological polar surface area (TPSA) is 95.4 Å². The molecule has 0 aromatic heterocycles. The van der Waals surface area contributed by atoms with Crippen molar-refractivity contribution in [2.75, 3.05) is 39.3 Å². The molecule has 0 aromatic carbocycles. The third-order valence-electron chi connectivity index (χ3n) is 10.1. The van der Waals surface area contributed by atoms with Crippen molar-refractivity contribution in [3.63, 3.8) is 0 Å². The minimum atomic E-state index is -0.435. The van der Waals surface area contributed by atoms with Crippen molar-refractivity contribution in [3.8, 4) is 0 Å². The monoisotopic (exact) mass is 545 g/mol. The fraction of sp³-hybridized carbons (Fsp3) is 0.935. The van der Waals surface area contributed by atoms with Gasteiger partial charge in [0.15, 0.2) is 11.9 Å². The Kier molecular flexibility index (Phi) is 10.8. The van der Waals surface area contributed by atoms with E-state index in [1.807, 2.05) is 6.92 Å². The van der Waals surface area contributed by atoms with E-state index in [4.69, 9.17) is 5.73 Å². The van der Waals surface area contributed by atoms with Crippen molar-refractivity contribution in [3.05, 3.63) is 0 Å². The van der Waals surface area contributed by atoms with E-state index >= 15 is 0 Å². The highest BCUT2D eigenvalue weighted by Gasteiger charge is 2.42. The van der Waals surface area contributed by atoms with Crippen LogP contribution in [-0.4, -0.2) is 106 Å². The number of rotatable bonds is 13. The molecule has 224 valence electrons. The summed E-state index contributed by atoms with van der Waals surface area (Å²) in [5.74, 6) is 3.32. The van der Waals surface area contributed by atoms with E-state index in [2.05, 4.69) is 52.3 Å². The number of nitrogens with zero attached hydrogens (tertiary/aromatic N) is 5. The van der Waals surface area contributed by atoms with Crippen LogP contribution in [0, 0.1) is 23.2 Å². The van der Waals surface area contributed by atoms with Gasteiger partial charge in [0.2, 0.25) is 0 Å².